The predicted octanol–water partition coefficient (Wildman–Crippen LogP) is 1.17. The predicted molar refractivity (Wildman–Crippen MR) is 36.8 cm³/mol. The fourth-order valence-electron chi connectivity index (χ4n) is 1.02. The van der Waals surface area contributed by atoms with Gasteiger partial charge in [0.2, 0.25) is 0 Å². The SMILES string of the molecule is CC#CC(O)C1CCC1. The number of hydrogen-bond donors (Lipinski definition) is 1. The Morgan fingerprint density at radius 2 is 2.22 bits per heavy atom. The van der Waals surface area contributed by atoms with E-state index in [0.29, 0.717) is 5.92 Å². The Kier molecular flexibility index (Phi) is 2.13. The maximum atomic E-state index is 9.20. The van der Waals surface area contributed by atoms with Gasteiger partial charge in [-0.3, -0.25) is 0 Å². The van der Waals surface area contributed by atoms with E-state index in [1.54, 1.807) is 6.92 Å². The molecule has 0 bridgehead atoms. The Bertz CT molecular complexity index is 136. The Balaban J connectivity index is 2.29. The van der Waals surface area contributed by atoms with E-state index in [4.69, 9.17) is 0 Å². The van der Waals surface area contributed by atoms with Crippen LogP contribution in [0.5, 0.6) is 0 Å². The second kappa shape index (κ2) is 2.89. The van der Waals surface area contributed by atoms with E-state index in [0.717, 1.165) is 12.8 Å². The molecule has 1 saturated carbocycles. The molecule has 1 atom stereocenters. The largest absolute Gasteiger partial charge is 0.380 e. The van der Waals surface area contributed by atoms with Gasteiger partial charge in [-0.1, -0.05) is 12.3 Å². The first-order valence-corrected chi connectivity index (χ1v) is 3.45. The average molecular weight is 124 g/mol. The van der Waals surface area contributed by atoms with Gasteiger partial charge in [0.25, 0.3) is 0 Å². The van der Waals surface area contributed by atoms with Gasteiger partial charge in [-0.15, -0.1) is 5.92 Å². The Hall–Kier alpha value is -0.480. The van der Waals surface area contributed by atoms with Crippen LogP contribution < -0.4 is 0 Å². The van der Waals surface area contributed by atoms with Crippen molar-refractivity contribution in [1.82, 2.24) is 0 Å². The first-order chi connectivity index (χ1) is 4.34. The molecule has 1 unspecified atom stereocenters. The van der Waals surface area contributed by atoms with E-state index < -0.39 is 0 Å². The molecule has 0 saturated heterocycles. The van der Waals surface area contributed by atoms with Gasteiger partial charge < -0.3 is 5.11 Å². The molecule has 1 aliphatic rings. The molecule has 1 fully saturated rings. The maximum absolute atomic E-state index is 9.20. The molecule has 1 aliphatic carbocycles. The first-order valence-electron chi connectivity index (χ1n) is 3.45. The quantitative estimate of drug-likeness (QED) is 0.520. The molecular weight excluding hydrogens is 112 g/mol. The molecule has 0 aromatic rings. The molecule has 9 heavy (non-hydrogen) atoms. The van der Waals surface area contributed by atoms with Crippen molar-refractivity contribution in [3.05, 3.63) is 0 Å². The lowest BCUT2D eigenvalue weighted by molar-refractivity contribution is 0.108. The van der Waals surface area contributed by atoms with Crippen molar-refractivity contribution in [1.29, 1.82) is 0 Å². The van der Waals surface area contributed by atoms with Gasteiger partial charge >= 0.3 is 0 Å². The third kappa shape index (κ3) is 1.46. The first kappa shape index (κ1) is 6.64. The lowest BCUT2D eigenvalue weighted by atomic mass is 9.81. The molecule has 0 aromatic carbocycles. The minimum Gasteiger partial charge on any atom is -0.380 e. The van der Waals surface area contributed by atoms with E-state index in [9.17, 15) is 5.11 Å². The molecule has 0 radical (unpaired) electrons. The van der Waals surface area contributed by atoms with Gasteiger partial charge in [0.05, 0.1) is 0 Å². The van der Waals surface area contributed by atoms with Crippen LogP contribution in [0, 0.1) is 17.8 Å². The Morgan fingerprint density at radius 3 is 2.56 bits per heavy atom. The molecule has 1 N–H and O–H groups in total. The van der Waals surface area contributed by atoms with Crippen molar-refractivity contribution in [2.24, 2.45) is 5.92 Å². The monoisotopic (exact) mass is 124 g/mol. The smallest absolute Gasteiger partial charge is 0.117 e. The van der Waals surface area contributed by atoms with E-state index in [1.165, 1.54) is 6.42 Å². The summed E-state index contributed by atoms with van der Waals surface area (Å²) < 4.78 is 0. The van der Waals surface area contributed by atoms with Crippen LogP contribution in [0.1, 0.15) is 26.2 Å². The summed E-state index contributed by atoms with van der Waals surface area (Å²) in [7, 11) is 0. The van der Waals surface area contributed by atoms with Gasteiger partial charge in [0, 0.05) is 0 Å². The van der Waals surface area contributed by atoms with Crippen molar-refractivity contribution < 1.29 is 5.11 Å². The summed E-state index contributed by atoms with van der Waals surface area (Å²) in [6.45, 7) is 1.77. The van der Waals surface area contributed by atoms with Crippen molar-refractivity contribution in [2.45, 2.75) is 32.3 Å². The maximum Gasteiger partial charge on any atom is 0.117 e. The van der Waals surface area contributed by atoms with Crippen molar-refractivity contribution in [3.63, 3.8) is 0 Å². The van der Waals surface area contributed by atoms with Crippen LogP contribution in [0.15, 0.2) is 0 Å². The van der Waals surface area contributed by atoms with Crippen molar-refractivity contribution in [2.75, 3.05) is 0 Å². The zero-order valence-electron chi connectivity index (χ0n) is 5.72. The van der Waals surface area contributed by atoms with E-state index in [1.807, 2.05) is 0 Å². The minimum atomic E-state index is -0.344. The summed E-state index contributed by atoms with van der Waals surface area (Å²) in [5, 5.41) is 9.20. The number of aliphatic hydroxyl groups excluding tert-OH is 1. The van der Waals surface area contributed by atoms with Gasteiger partial charge in [0.15, 0.2) is 0 Å². The fourth-order valence-corrected chi connectivity index (χ4v) is 1.02. The molecule has 0 heterocycles. The van der Waals surface area contributed by atoms with Crippen LogP contribution >= 0.6 is 0 Å². The summed E-state index contributed by atoms with van der Waals surface area (Å²) >= 11 is 0. The molecule has 1 rings (SSSR count). The molecular formula is C8H12O. The number of rotatable bonds is 1. The summed E-state index contributed by atoms with van der Waals surface area (Å²) in [4.78, 5) is 0. The number of aliphatic hydroxyl groups is 1. The third-order valence-electron chi connectivity index (χ3n) is 1.89. The van der Waals surface area contributed by atoms with E-state index in [2.05, 4.69) is 11.8 Å². The minimum absolute atomic E-state index is 0.344. The molecule has 1 heteroatoms. The van der Waals surface area contributed by atoms with Gasteiger partial charge in [0.1, 0.15) is 6.10 Å². The number of hydrogen-bond acceptors (Lipinski definition) is 1. The zero-order valence-corrected chi connectivity index (χ0v) is 5.72. The van der Waals surface area contributed by atoms with Gasteiger partial charge in [-0.2, -0.15) is 0 Å². The highest BCUT2D eigenvalue weighted by atomic mass is 16.3. The van der Waals surface area contributed by atoms with Crippen LogP contribution in [0.2, 0.25) is 0 Å². The summed E-state index contributed by atoms with van der Waals surface area (Å²) in [5.41, 5.74) is 0. The standard InChI is InChI=1S/C8H12O/c1-2-4-8(9)7-5-3-6-7/h7-9H,3,5-6H2,1H3. The third-order valence-corrected chi connectivity index (χ3v) is 1.89. The second-order valence-corrected chi connectivity index (χ2v) is 2.53. The lowest BCUT2D eigenvalue weighted by Crippen LogP contribution is -2.24. The van der Waals surface area contributed by atoms with Crippen LogP contribution in [0.4, 0.5) is 0 Å². The van der Waals surface area contributed by atoms with Crippen LogP contribution in [0.25, 0.3) is 0 Å². The summed E-state index contributed by atoms with van der Waals surface area (Å²) in [6.07, 6.45) is 3.25. The average Bonchev–Trinajstić information content (AvgIpc) is 1.60. The van der Waals surface area contributed by atoms with Crippen LogP contribution in [-0.4, -0.2) is 11.2 Å². The fraction of sp³-hybridized carbons (Fsp3) is 0.750. The molecule has 0 spiro atoms. The van der Waals surface area contributed by atoms with Crippen molar-refractivity contribution in [3.8, 4) is 11.8 Å². The Labute approximate surface area is 56.1 Å². The summed E-state index contributed by atoms with van der Waals surface area (Å²) in [5.74, 6) is 5.95. The molecule has 1 nitrogen and oxygen atoms in total. The topological polar surface area (TPSA) is 20.2 Å². The van der Waals surface area contributed by atoms with Gasteiger partial charge in [-0.05, 0) is 25.7 Å². The highest BCUT2D eigenvalue weighted by Crippen LogP contribution is 2.28. The van der Waals surface area contributed by atoms with Crippen molar-refractivity contribution >= 4 is 0 Å². The van der Waals surface area contributed by atoms with Crippen LogP contribution in [-0.2, 0) is 0 Å². The molecule has 50 valence electrons. The van der Waals surface area contributed by atoms with Gasteiger partial charge in [-0.25, -0.2) is 0 Å². The summed E-state index contributed by atoms with van der Waals surface area (Å²) in [6, 6.07) is 0. The highest BCUT2D eigenvalue weighted by molar-refractivity contribution is 5.05. The molecule has 0 aromatic heterocycles. The molecule has 0 amide bonds. The highest BCUT2D eigenvalue weighted by Gasteiger charge is 2.23. The molecule has 0 aliphatic heterocycles. The van der Waals surface area contributed by atoms with E-state index >= 15 is 0 Å². The van der Waals surface area contributed by atoms with Crippen LogP contribution in [0.3, 0.4) is 0 Å². The normalized spacial score (nSPS) is 21.6. The van der Waals surface area contributed by atoms with E-state index in [-0.39, 0.29) is 6.10 Å². The zero-order chi connectivity index (χ0) is 6.69. The Morgan fingerprint density at radius 1 is 1.56 bits per heavy atom. The lowest BCUT2D eigenvalue weighted by Gasteiger charge is -2.26. The second-order valence-electron chi connectivity index (χ2n) is 2.53.